The lowest BCUT2D eigenvalue weighted by Crippen LogP contribution is -2.54. The zero-order valence-corrected chi connectivity index (χ0v) is 9.19. The molecule has 5 nitrogen and oxygen atoms in total. The number of ether oxygens (including phenoxy) is 1. The van der Waals surface area contributed by atoms with Gasteiger partial charge in [-0.2, -0.15) is 5.26 Å². The second kappa shape index (κ2) is 5.69. The first kappa shape index (κ1) is 12.0. The quantitative estimate of drug-likeness (QED) is 0.698. The predicted octanol–water partition coefficient (Wildman–Crippen LogP) is -0.265. The molecule has 0 saturated carbocycles. The van der Waals surface area contributed by atoms with Crippen LogP contribution >= 0.6 is 0 Å². The van der Waals surface area contributed by atoms with Gasteiger partial charge in [0.25, 0.3) is 0 Å². The van der Waals surface area contributed by atoms with Crippen LogP contribution in [0.2, 0.25) is 0 Å². The van der Waals surface area contributed by atoms with Gasteiger partial charge < -0.3 is 15.0 Å². The van der Waals surface area contributed by atoms with E-state index in [1.165, 1.54) is 0 Å². The van der Waals surface area contributed by atoms with E-state index in [1.807, 2.05) is 13.8 Å². The molecular weight excluding hydrogens is 194 g/mol. The molecule has 1 heterocycles. The zero-order valence-electron chi connectivity index (χ0n) is 9.19. The Kier molecular flexibility index (Phi) is 4.53. The monoisotopic (exact) mass is 211 g/mol. The van der Waals surface area contributed by atoms with Crippen molar-refractivity contribution < 1.29 is 9.53 Å². The fraction of sp³-hybridized carbons (Fsp3) is 0.800. The minimum absolute atomic E-state index is 0.0393. The highest BCUT2D eigenvalue weighted by atomic mass is 16.5. The summed E-state index contributed by atoms with van der Waals surface area (Å²) < 4.78 is 5.23. The van der Waals surface area contributed by atoms with Crippen molar-refractivity contribution in [2.45, 2.75) is 26.0 Å². The van der Waals surface area contributed by atoms with Crippen LogP contribution in [0.15, 0.2) is 0 Å². The van der Waals surface area contributed by atoms with Crippen LogP contribution in [-0.2, 0) is 9.53 Å². The highest BCUT2D eigenvalue weighted by molar-refractivity contribution is 5.78. The summed E-state index contributed by atoms with van der Waals surface area (Å²) in [5.74, 6) is -0.100. The van der Waals surface area contributed by atoms with Gasteiger partial charge >= 0.3 is 0 Å². The molecule has 0 spiro atoms. The Morgan fingerprint density at radius 3 is 3.07 bits per heavy atom. The maximum atomic E-state index is 11.7. The minimum atomic E-state index is -0.359. The summed E-state index contributed by atoms with van der Waals surface area (Å²) in [6, 6.07) is 1.75. The van der Waals surface area contributed by atoms with Gasteiger partial charge in [-0.05, 0) is 13.8 Å². The lowest BCUT2D eigenvalue weighted by atomic mass is 10.2. The molecule has 84 valence electrons. The van der Waals surface area contributed by atoms with Gasteiger partial charge in [0.1, 0.15) is 12.6 Å². The molecule has 1 amide bonds. The largest absolute Gasteiger partial charge is 0.369 e. The van der Waals surface area contributed by atoms with Gasteiger partial charge in [-0.3, -0.25) is 4.79 Å². The Hall–Kier alpha value is -1.12. The van der Waals surface area contributed by atoms with Gasteiger partial charge in [-0.15, -0.1) is 0 Å². The van der Waals surface area contributed by atoms with Crippen molar-refractivity contribution in [3.05, 3.63) is 0 Å². The normalized spacial score (nSPS) is 21.5. The molecule has 0 aromatic carbocycles. The summed E-state index contributed by atoms with van der Waals surface area (Å²) in [7, 11) is 0. The topological polar surface area (TPSA) is 65.4 Å². The lowest BCUT2D eigenvalue weighted by Gasteiger charge is -2.32. The molecule has 1 N–H and O–H groups in total. The Balaban J connectivity index is 2.46. The summed E-state index contributed by atoms with van der Waals surface area (Å²) >= 11 is 0. The van der Waals surface area contributed by atoms with Crippen LogP contribution < -0.4 is 5.32 Å². The number of carbonyl (C=O) groups excluding carboxylic acids is 1. The first-order chi connectivity index (χ1) is 7.15. The standard InChI is InChI=1S/C10H17N3O2/c1-8(2)15-7-10(14)13-4-3-12-6-9(13)5-11/h8-9,12H,3-4,6-7H2,1-2H3. The third-order valence-electron chi connectivity index (χ3n) is 2.25. The molecule has 1 aliphatic heterocycles. The van der Waals surface area contributed by atoms with Gasteiger partial charge in [-0.25, -0.2) is 0 Å². The van der Waals surface area contributed by atoms with E-state index in [2.05, 4.69) is 11.4 Å². The molecule has 1 saturated heterocycles. The summed E-state index contributed by atoms with van der Waals surface area (Å²) in [5.41, 5.74) is 0. The molecule has 0 bridgehead atoms. The van der Waals surface area contributed by atoms with Crippen molar-refractivity contribution in [1.29, 1.82) is 5.26 Å². The van der Waals surface area contributed by atoms with E-state index < -0.39 is 0 Å². The third kappa shape index (κ3) is 3.50. The van der Waals surface area contributed by atoms with Crippen LogP contribution in [-0.4, -0.2) is 49.2 Å². The number of hydrogen-bond donors (Lipinski definition) is 1. The number of nitriles is 1. The van der Waals surface area contributed by atoms with E-state index in [0.29, 0.717) is 13.1 Å². The fourth-order valence-electron chi connectivity index (χ4n) is 1.44. The molecular formula is C10H17N3O2. The zero-order chi connectivity index (χ0) is 11.3. The van der Waals surface area contributed by atoms with E-state index >= 15 is 0 Å². The molecule has 15 heavy (non-hydrogen) atoms. The van der Waals surface area contributed by atoms with Crippen molar-refractivity contribution in [1.82, 2.24) is 10.2 Å². The molecule has 0 aromatic rings. The number of carbonyl (C=O) groups is 1. The predicted molar refractivity (Wildman–Crippen MR) is 55.1 cm³/mol. The van der Waals surface area contributed by atoms with Crippen LogP contribution in [0.25, 0.3) is 0 Å². The molecule has 1 rings (SSSR count). The molecule has 5 heteroatoms. The minimum Gasteiger partial charge on any atom is -0.369 e. The molecule has 1 aliphatic rings. The maximum absolute atomic E-state index is 11.7. The fourth-order valence-corrected chi connectivity index (χ4v) is 1.44. The number of hydrogen-bond acceptors (Lipinski definition) is 4. The summed E-state index contributed by atoms with van der Waals surface area (Å²) in [5, 5.41) is 11.9. The SMILES string of the molecule is CC(C)OCC(=O)N1CCNCC1C#N. The second-order valence-corrected chi connectivity index (χ2v) is 3.80. The van der Waals surface area contributed by atoms with Gasteiger partial charge in [0.2, 0.25) is 5.91 Å². The highest BCUT2D eigenvalue weighted by Gasteiger charge is 2.26. The molecule has 0 radical (unpaired) electrons. The van der Waals surface area contributed by atoms with Crippen LogP contribution in [0.3, 0.4) is 0 Å². The van der Waals surface area contributed by atoms with Crippen LogP contribution in [0.5, 0.6) is 0 Å². The molecule has 0 aliphatic carbocycles. The van der Waals surface area contributed by atoms with Crippen LogP contribution in [0.4, 0.5) is 0 Å². The molecule has 0 aromatic heterocycles. The van der Waals surface area contributed by atoms with Crippen molar-refractivity contribution in [2.24, 2.45) is 0 Å². The summed E-state index contributed by atoms with van der Waals surface area (Å²) in [6.07, 6.45) is 0.0393. The van der Waals surface area contributed by atoms with Crippen molar-refractivity contribution in [2.75, 3.05) is 26.2 Å². The number of rotatable bonds is 3. The Morgan fingerprint density at radius 2 is 2.47 bits per heavy atom. The Morgan fingerprint density at radius 1 is 1.73 bits per heavy atom. The average Bonchev–Trinajstić information content (AvgIpc) is 2.25. The van der Waals surface area contributed by atoms with E-state index in [1.54, 1.807) is 4.90 Å². The average molecular weight is 211 g/mol. The molecule has 1 atom stereocenters. The van der Waals surface area contributed by atoms with Gasteiger partial charge in [0.15, 0.2) is 0 Å². The summed E-state index contributed by atoms with van der Waals surface area (Å²) in [4.78, 5) is 13.3. The van der Waals surface area contributed by atoms with Crippen LogP contribution in [0, 0.1) is 11.3 Å². The maximum Gasteiger partial charge on any atom is 0.249 e. The second-order valence-electron chi connectivity index (χ2n) is 3.80. The third-order valence-corrected chi connectivity index (χ3v) is 2.25. The van der Waals surface area contributed by atoms with Gasteiger partial charge in [0.05, 0.1) is 12.2 Å². The van der Waals surface area contributed by atoms with Gasteiger partial charge in [0, 0.05) is 19.6 Å². The first-order valence-electron chi connectivity index (χ1n) is 5.16. The van der Waals surface area contributed by atoms with E-state index in [0.717, 1.165) is 6.54 Å². The Labute approximate surface area is 90.0 Å². The summed E-state index contributed by atoms with van der Waals surface area (Å²) in [6.45, 7) is 5.70. The van der Waals surface area contributed by atoms with Crippen molar-refractivity contribution >= 4 is 5.91 Å². The van der Waals surface area contributed by atoms with E-state index in [4.69, 9.17) is 10.00 Å². The highest BCUT2D eigenvalue weighted by Crippen LogP contribution is 2.03. The first-order valence-corrected chi connectivity index (χ1v) is 5.16. The number of nitrogens with zero attached hydrogens (tertiary/aromatic N) is 2. The number of piperazine rings is 1. The van der Waals surface area contributed by atoms with Crippen molar-refractivity contribution in [3.63, 3.8) is 0 Å². The molecule has 1 unspecified atom stereocenters. The Bertz CT molecular complexity index is 260. The number of amides is 1. The van der Waals surface area contributed by atoms with E-state index in [-0.39, 0.29) is 24.7 Å². The molecule has 1 fully saturated rings. The van der Waals surface area contributed by atoms with Crippen LogP contribution in [0.1, 0.15) is 13.8 Å². The lowest BCUT2D eigenvalue weighted by molar-refractivity contribution is -0.139. The number of nitrogens with one attached hydrogen (secondary N) is 1. The smallest absolute Gasteiger partial charge is 0.249 e. The van der Waals surface area contributed by atoms with Gasteiger partial charge in [-0.1, -0.05) is 0 Å². The van der Waals surface area contributed by atoms with E-state index in [9.17, 15) is 4.79 Å². The van der Waals surface area contributed by atoms with Crippen molar-refractivity contribution in [3.8, 4) is 6.07 Å².